The van der Waals surface area contributed by atoms with Crippen LogP contribution in [0, 0.1) is 5.82 Å². The fourth-order valence-electron chi connectivity index (χ4n) is 1.04. The van der Waals surface area contributed by atoms with E-state index in [0.717, 1.165) is 0 Å². The third-order valence-electron chi connectivity index (χ3n) is 2.17. The topological polar surface area (TPSA) is 43.4 Å². The van der Waals surface area contributed by atoms with Crippen LogP contribution in [-0.4, -0.2) is 26.0 Å². The van der Waals surface area contributed by atoms with Crippen LogP contribution in [-0.2, 0) is 9.84 Å². The summed E-state index contributed by atoms with van der Waals surface area (Å²) in [5.74, 6) is 0.102. The summed E-state index contributed by atoms with van der Waals surface area (Å²) in [6, 6.07) is 5.48. The van der Waals surface area contributed by atoms with Crippen LogP contribution in [0.3, 0.4) is 0 Å². The Balaban J connectivity index is 2.45. The molecule has 0 atom stereocenters. The van der Waals surface area contributed by atoms with E-state index in [1.807, 2.05) is 0 Å². The van der Waals surface area contributed by atoms with Crippen molar-refractivity contribution < 1.29 is 17.5 Å². The van der Waals surface area contributed by atoms with Crippen LogP contribution in [0.1, 0.15) is 13.8 Å². The van der Waals surface area contributed by atoms with Gasteiger partial charge in [0.15, 0.2) is 9.84 Å². The number of sulfone groups is 1. The maximum atomic E-state index is 12.6. The van der Waals surface area contributed by atoms with Crippen molar-refractivity contribution in [2.45, 2.75) is 19.1 Å². The summed E-state index contributed by atoms with van der Waals surface area (Å²) < 4.78 is 40.6. The molecule has 0 saturated carbocycles. The van der Waals surface area contributed by atoms with E-state index >= 15 is 0 Å². The number of benzene rings is 1. The Morgan fingerprint density at radius 3 is 2.31 bits per heavy atom. The first kappa shape index (κ1) is 13.0. The molecule has 1 aromatic rings. The van der Waals surface area contributed by atoms with Gasteiger partial charge in [-0.25, -0.2) is 12.8 Å². The molecule has 16 heavy (non-hydrogen) atoms. The molecule has 0 aliphatic rings. The molecule has 0 unspecified atom stereocenters. The summed E-state index contributed by atoms with van der Waals surface area (Å²) in [7, 11) is -3.08. The molecule has 90 valence electrons. The quantitative estimate of drug-likeness (QED) is 0.798. The van der Waals surface area contributed by atoms with Crippen molar-refractivity contribution in [3.63, 3.8) is 0 Å². The fourth-order valence-corrected chi connectivity index (χ4v) is 1.83. The van der Waals surface area contributed by atoms with Gasteiger partial charge in [-0.3, -0.25) is 0 Å². The summed E-state index contributed by atoms with van der Waals surface area (Å²) in [5.41, 5.74) is 0. The van der Waals surface area contributed by atoms with E-state index in [1.165, 1.54) is 24.3 Å². The molecule has 0 spiro atoms. The van der Waals surface area contributed by atoms with Gasteiger partial charge in [0.05, 0.1) is 11.0 Å². The van der Waals surface area contributed by atoms with Crippen LogP contribution in [0.5, 0.6) is 5.75 Å². The van der Waals surface area contributed by atoms with E-state index in [2.05, 4.69) is 0 Å². The molecule has 0 aromatic heterocycles. The van der Waals surface area contributed by atoms with Gasteiger partial charge in [0, 0.05) is 0 Å². The van der Waals surface area contributed by atoms with E-state index in [1.54, 1.807) is 13.8 Å². The number of hydrogen-bond donors (Lipinski definition) is 0. The van der Waals surface area contributed by atoms with Gasteiger partial charge in [0.1, 0.15) is 18.2 Å². The Hall–Kier alpha value is -1.10. The molecule has 0 bridgehead atoms. The highest BCUT2D eigenvalue weighted by Crippen LogP contribution is 2.11. The third kappa shape index (κ3) is 3.81. The predicted octanol–water partition coefficient (Wildman–Crippen LogP) is 2.03. The molecular formula is C11H15FO3S. The first-order valence-corrected chi connectivity index (χ1v) is 6.73. The van der Waals surface area contributed by atoms with E-state index in [4.69, 9.17) is 4.74 Å². The minimum absolute atomic E-state index is 0.0258. The van der Waals surface area contributed by atoms with Gasteiger partial charge in [-0.1, -0.05) is 0 Å². The second kappa shape index (κ2) is 5.30. The number of hydrogen-bond acceptors (Lipinski definition) is 3. The lowest BCUT2D eigenvalue weighted by Gasteiger charge is -2.09. The number of halogens is 1. The lowest BCUT2D eigenvalue weighted by atomic mass is 10.3. The average molecular weight is 246 g/mol. The molecule has 0 radical (unpaired) electrons. The second-order valence-electron chi connectivity index (χ2n) is 3.72. The Morgan fingerprint density at radius 2 is 1.81 bits per heavy atom. The molecule has 0 fully saturated rings. The van der Waals surface area contributed by atoms with Crippen molar-refractivity contribution >= 4 is 9.84 Å². The van der Waals surface area contributed by atoms with E-state index in [-0.39, 0.29) is 18.2 Å². The molecule has 0 aliphatic heterocycles. The number of ether oxygens (including phenoxy) is 1. The van der Waals surface area contributed by atoms with Crippen LogP contribution in [0.25, 0.3) is 0 Å². The molecule has 1 aromatic carbocycles. The molecule has 0 heterocycles. The highest BCUT2D eigenvalue weighted by Gasteiger charge is 2.15. The van der Waals surface area contributed by atoms with Crippen molar-refractivity contribution in [2.24, 2.45) is 0 Å². The van der Waals surface area contributed by atoms with Gasteiger partial charge in [-0.2, -0.15) is 0 Å². The SMILES string of the molecule is CC(C)S(=O)(=O)CCOc1ccc(F)cc1. The molecule has 3 nitrogen and oxygen atoms in total. The zero-order valence-electron chi connectivity index (χ0n) is 9.31. The van der Waals surface area contributed by atoms with Gasteiger partial charge < -0.3 is 4.74 Å². The first-order chi connectivity index (χ1) is 7.42. The van der Waals surface area contributed by atoms with Crippen molar-refractivity contribution in [3.05, 3.63) is 30.1 Å². The average Bonchev–Trinajstić information content (AvgIpc) is 2.20. The molecular weight excluding hydrogens is 231 g/mol. The van der Waals surface area contributed by atoms with Crippen molar-refractivity contribution in [1.29, 1.82) is 0 Å². The Labute approximate surface area is 95.2 Å². The van der Waals surface area contributed by atoms with E-state index in [9.17, 15) is 12.8 Å². The summed E-state index contributed by atoms with van der Waals surface area (Å²) in [5, 5.41) is -0.399. The van der Waals surface area contributed by atoms with Crippen LogP contribution in [0.2, 0.25) is 0 Å². The van der Waals surface area contributed by atoms with Crippen molar-refractivity contribution in [2.75, 3.05) is 12.4 Å². The maximum absolute atomic E-state index is 12.6. The minimum Gasteiger partial charge on any atom is -0.493 e. The lowest BCUT2D eigenvalue weighted by molar-refractivity contribution is 0.340. The van der Waals surface area contributed by atoms with Crippen LogP contribution in [0.15, 0.2) is 24.3 Å². The fraction of sp³-hybridized carbons (Fsp3) is 0.455. The minimum atomic E-state index is -3.08. The summed E-state index contributed by atoms with van der Waals surface area (Å²) in [4.78, 5) is 0. The summed E-state index contributed by atoms with van der Waals surface area (Å²) >= 11 is 0. The van der Waals surface area contributed by atoms with Gasteiger partial charge in [0.25, 0.3) is 0 Å². The van der Waals surface area contributed by atoms with Crippen LogP contribution >= 0.6 is 0 Å². The van der Waals surface area contributed by atoms with Gasteiger partial charge >= 0.3 is 0 Å². The third-order valence-corrected chi connectivity index (χ3v) is 4.34. The highest BCUT2D eigenvalue weighted by atomic mass is 32.2. The normalized spacial score (nSPS) is 11.8. The zero-order chi connectivity index (χ0) is 12.2. The maximum Gasteiger partial charge on any atom is 0.155 e. The molecule has 0 amide bonds. The monoisotopic (exact) mass is 246 g/mol. The van der Waals surface area contributed by atoms with Crippen LogP contribution < -0.4 is 4.74 Å². The van der Waals surface area contributed by atoms with Crippen molar-refractivity contribution in [1.82, 2.24) is 0 Å². The number of rotatable bonds is 5. The highest BCUT2D eigenvalue weighted by molar-refractivity contribution is 7.91. The second-order valence-corrected chi connectivity index (χ2v) is 6.39. The molecule has 0 N–H and O–H groups in total. The van der Waals surface area contributed by atoms with Crippen molar-refractivity contribution in [3.8, 4) is 5.75 Å². The van der Waals surface area contributed by atoms with Gasteiger partial charge in [-0.05, 0) is 38.1 Å². The predicted molar refractivity (Wildman–Crippen MR) is 60.8 cm³/mol. The summed E-state index contributed by atoms with van der Waals surface area (Å²) in [6.07, 6.45) is 0. The van der Waals surface area contributed by atoms with E-state index in [0.29, 0.717) is 5.75 Å². The molecule has 0 saturated heterocycles. The zero-order valence-corrected chi connectivity index (χ0v) is 10.1. The largest absolute Gasteiger partial charge is 0.493 e. The summed E-state index contributed by atoms with van der Waals surface area (Å²) in [6.45, 7) is 3.35. The Morgan fingerprint density at radius 1 is 1.25 bits per heavy atom. The van der Waals surface area contributed by atoms with Gasteiger partial charge in [0.2, 0.25) is 0 Å². The Kier molecular flexibility index (Phi) is 4.29. The Bertz CT molecular complexity index is 423. The molecule has 1 rings (SSSR count). The van der Waals surface area contributed by atoms with E-state index < -0.39 is 15.1 Å². The lowest BCUT2D eigenvalue weighted by Crippen LogP contribution is -2.21. The molecule has 5 heteroatoms. The van der Waals surface area contributed by atoms with Crippen LogP contribution in [0.4, 0.5) is 4.39 Å². The molecule has 0 aliphatic carbocycles. The van der Waals surface area contributed by atoms with Gasteiger partial charge in [-0.15, -0.1) is 0 Å². The smallest absolute Gasteiger partial charge is 0.155 e. The first-order valence-electron chi connectivity index (χ1n) is 5.02. The standard InChI is InChI=1S/C11H15FO3S/c1-9(2)16(13,14)8-7-15-11-5-3-10(12)4-6-11/h3-6,9H,7-8H2,1-2H3.